The van der Waals surface area contributed by atoms with Crippen molar-refractivity contribution in [2.75, 3.05) is 17.6 Å². The lowest BCUT2D eigenvalue weighted by Crippen LogP contribution is -2.35. The second-order valence-corrected chi connectivity index (χ2v) is 6.50. The molecule has 7 heteroatoms. The number of hydrogen-bond acceptors (Lipinski definition) is 4. The van der Waals surface area contributed by atoms with Crippen molar-refractivity contribution in [1.29, 1.82) is 0 Å². The molecular weight excluding hydrogens is 338 g/mol. The summed E-state index contributed by atoms with van der Waals surface area (Å²) in [6, 6.07) is 11.2. The molecule has 1 aromatic heterocycles. The summed E-state index contributed by atoms with van der Waals surface area (Å²) in [7, 11) is 0. The molecule has 1 aromatic carbocycles. The largest absolute Gasteiger partial charge is 0.467 e. The third-order valence-electron chi connectivity index (χ3n) is 3.07. The van der Waals surface area contributed by atoms with Gasteiger partial charge < -0.3 is 9.73 Å². The summed E-state index contributed by atoms with van der Waals surface area (Å²) >= 11 is 13.1. The fourth-order valence-corrected chi connectivity index (χ4v) is 3.42. The fraction of sp³-hybridized carbons (Fsp3) is 0.200. The molecule has 0 amide bonds. The zero-order chi connectivity index (χ0) is 15.4. The molecule has 4 nitrogen and oxygen atoms in total. The molecule has 1 aliphatic heterocycles. The summed E-state index contributed by atoms with van der Waals surface area (Å²) in [5, 5.41) is 5.48. The number of furan rings is 1. The van der Waals surface area contributed by atoms with Gasteiger partial charge in [-0.05, 0) is 48.6 Å². The molecule has 2 aromatic rings. The van der Waals surface area contributed by atoms with Gasteiger partial charge in [0.1, 0.15) is 5.76 Å². The van der Waals surface area contributed by atoms with Crippen molar-refractivity contribution in [3.05, 3.63) is 53.4 Å². The molecule has 114 valence electrons. The minimum atomic E-state index is 0.523. The molecule has 3 rings (SSSR count). The minimum Gasteiger partial charge on any atom is -0.467 e. The third kappa shape index (κ3) is 3.82. The van der Waals surface area contributed by atoms with E-state index in [0.717, 1.165) is 28.9 Å². The summed E-state index contributed by atoms with van der Waals surface area (Å²) in [6.07, 6.45) is 1.65. The van der Waals surface area contributed by atoms with Crippen molar-refractivity contribution in [2.45, 2.75) is 6.54 Å². The number of hydrogen-bond donors (Lipinski definition) is 1. The Morgan fingerprint density at radius 1 is 1.36 bits per heavy atom. The fourth-order valence-electron chi connectivity index (χ4n) is 1.99. The van der Waals surface area contributed by atoms with Gasteiger partial charge in [-0.3, -0.25) is 9.89 Å². The summed E-state index contributed by atoms with van der Waals surface area (Å²) in [5.41, 5.74) is 0.914. The van der Waals surface area contributed by atoms with Crippen LogP contribution in [0.1, 0.15) is 5.76 Å². The monoisotopic (exact) mass is 351 g/mol. The number of rotatable bonds is 3. The van der Waals surface area contributed by atoms with Gasteiger partial charge in [0.25, 0.3) is 0 Å². The predicted molar refractivity (Wildman–Crippen MR) is 96.7 cm³/mol. The van der Waals surface area contributed by atoms with Crippen LogP contribution in [0.2, 0.25) is 5.02 Å². The van der Waals surface area contributed by atoms with Crippen molar-refractivity contribution in [3.63, 3.8) is 0 Å². The molecule has 0 atom stereocenters. The van der Waals surface area contributed by atoms with E-state index in [2.05, 4.69) is 10.3 Å². The van der Waals surface area contributed by atoms with Crippen molar-refractivity contribution in [2.24, 2.45) is 4.99 Å². The van der Waals surface area contributed by atoms with Gasteiger partial charge in [-0.2, -0.15) is 0 Å². The molecule has 0 spiro atoms. The lowest BCUT2D eigenvalue weighted by atomic mass is 10.3. The molecule has 0 saturated carbocycles. The van der Waals surface area contributed by atoms with Crippen LogP contribution in [0.15, 0.2) is 52.1 Å². The first-order chi connectivity index (χ1) is 10.7. The highest BCUT2D eigenvalue weighted by Crippen LogP contribution is 2.21. The molecule has 0 unspecified atom stereocenters. The van der Waals surface area contributed by atoms with Crippen LogP contribution in [-0.4, -0.2) is 27.5 Å². The Morgan fingerprint density at radius 3 is 2.91 bits per heavy atom. The maximum absolute atomic E-state index is 5.89. The molecule has 2 heterocycles. The molecule has 22 heavy (non-hydrogen) atoms. The number of thiocarbonyl (C=S) groups is 1. The van der Waals surface area contributed by atoms with Crippen LogP contribution in [0, 0.1) is 0 Å². The molecule has 0 radical (unpaired) electrons. The van der Waals surface area contributed by atoms with Gasteiger partial charge in [0.2, 0.25) is 0 Å². The number of benzene rings is 1. The van der Waals surface area contributed by atoms with E-state index in [-0.39, 0.29) is 0 Å². The van der Waals surface area contributed by atoms with Crippen LogP contribution in [0.25, 0.3) is 0 Å². The van der Waals surface area contributed by atoms with Gasteiger partial charge in [-0.1, -0.05) is 23.4 Å². The lowest BCUT2D eigenvalue weighted by Gasteiger charge is -2.20. The van der Waals surface area contributed by atoms with E-state index in [4.69, 9.17) is 28.2 Å². The van der Waals surface area contributed by atoms with Crippen LogP contribution in [0.4, 0.5) is 5.69 Å². The number of aliphatic imine (C=N–C) groups is 1. The van der Waals surface area contributed by atoms with E-state index in [9.17, 15) is 0 Å². The van der Waals surface area contributed by atoms with Crippen molar-refractivity contribution < 1.29 is 4.42 Å². The maximum Gasteiger partial charge on any atom is 0.179 e. The topological polar surface area (TPSA) is 40.8 Å². The summed E-state index contributed by atoms with van der Waals surface area (Å²) in [5.74, 6) is 1.82. The third-order valence-corrected chi connectivity index (χ3v) is 4.64. The van der Waals surface area contributed by atoms with E-state index >= 15 is 0 Å². The molecule has 1 aliphatic rings. The smallest absolute Gasteiger partial charge is 0.179 e. The van der Waals surface area contributed by atoms with Crippen LogP contribution < -0.4 is 5.32 Å². The first-order valence-electron chi connectivity index (χ1n) is 6.76. The number of halogens is 1. The van der Waals surface area contributed by atoms with E-state index in [0.29, 0.717) is 16.7 Å². The van der Waals surface area contributed by atoms with Gasteiger partial charge in [0, 0.05) is 23.0 Å². The van der Waals surface area contributed by atoms with Crippen molar-refractivity contribution in [3.8, 4) is 0 Å². The van der Waals surface area contributed by atoms with Gasteiger partial charge in [-0.25, -0.2) is 0 Å². The van der Waals surface area contributed by atoms with Crippen LogP contribution >= 0.6 is 35.6 Å². The van der Waals surface area contributed by atoms with Crippen LogP contribution in [0.5, 0.6) is 0 Å². The van der Waals surface area contributed by atoms with Crippen LogP contribution in [0.3, 0.4) is 0 Å². The second-order valence-electron chi connectivity index (χ2n) is 4.62. The molecule has 0 aliphatic carbocycles. The van der Waals surface area contributed by atoms with Crippen LogP contribution in [-0.2, 0) is 6.54 Å². The zero-order valence-corrected chi connectivity index (χ0v) is 14.0. The van der Waals surface area contributed by atoms with Gasteiger partial charge in [-0.15, -0.1) is 0 Å². The maximum atomic E-state index is 5.89. The highest BCUT2D eigenvalue weighted by Gasteiger charge is 2.23. The van der Waals surface area contributed by atoms with E-state index < -0.39 is 0 Å². The first kappa shape index (κ1) is 15.4. The van der Waals surface area contributed by atoms with Gasteiger partial charge in [0.15, 0.2) is 10.3 Å². The molecular formula is C15H14ClN3OS2. The normalized spacial score (nSPS) is 16.2. The Morgan fingerprint density at radius 2 is 2.18 bits per heavy atom. The van der Waals surface area contributed by atoms with E-state index in [1.807, 2.05) is 41.3 Å². The molecule has 1 saturated heterocycles. The Labute approximate surface area is 143 Å². The number of nitrogens with one attached hydrogen (secondary N) is 1. The standard InChI is InChI=1S/C15H14ClN3OS2/c16-11-3-5-12(6-4-11)18-14(21)19-7-9-22-15(19)17-10-13-2-1-8-20-13/h1-6,8H,7,9-10H2,(H,18,21). The Balaban J connectivity index is 1.65. The second kappa shape index (κ2) is 7.17. The molecule has 1 N–H and O–H groups in total. The number of nitrogens with zero attached hydrogens (tertiary/aromatic N) is 2. The summed E-state index contributed by atoms with van der Waals surface area (Å²) in [4.78, 5) is 6.60. The quantitative estimate of drug-likeness (QED) is 0.838. The highest BCUT2D eigenvalue weighted by molar-refractivity contribution is 8.14. The lowest BCUT2D eigenvalue weighted by molar-refractivity contribution is 0.512. The first-order valence-corrected chi connectivity index (χ1v) is 8.53. The predicted octanol–water partition coefficient (Wildman–Crippen LogP) is 4.23. The highest BCUT2D eigenvalue weighted by atomic mass is 35.5. The Hall–Kier alpha value is -1.50. The number of anilines is 1. The van der Waals surface area contributed by atoms with E-state index in [1.165, 1.54) is 0 Å². The minimum absolute atomic E-state index is 0.523. The summed E-state index contributed by atoms with van der Waals surface area (Å²) in [6.45, 7) is 1.37. The van der Waals surface area contributed by atoms with Gasteiger partial charge >= 0.3 is 0 Å². The number of amidine groups is 1. The Bertz CT molecular complexity index is 671. The molecule has 1 fully saturated rings. The zero-order valence-electron chi connectivity index (χ0n) is 11.7. The van der Waals surface area contributed by atoms with Gasteiger partial charge in [0.05, 0.1) is 12.8 Å². The average Bonchev–Trinajstić information content (AvgIpc) is 3.18. The van der Waals surface area contributed by atoms with Crippen molar-refractivity contribution >= 4 is 51.5 Å². The molecule has 0 bridgehead atoms. The SMILES string of the molecule is S=C(Nc1ccc(Cl)cc1)N1CCSC1=NCc1ccco1. The number of thioether (sulfide) groups is 1. The summed E-state index contributed by atoms with van der Waals surface area (Å²) < 4.78 is 5.30. The van der Waals surface area contributed by atoms with Crippen molar-refractivity contribution in [1.82, 2.24) is 4.90 Å². The van der Waals surface area contributed by atoms with E-state index in [1.54, 1.807) is 18.0 Å². The Kier molecular flexibility index (Phi) is 5.02. The average molecular weight is 352 g/mol.